The number of benzene rings is 1. The van der Waals surface area contributed by atoms with E-state index in [0.717, 1.165) is 25.7 Å². The average Bonchev–Trinajstić information content (AvgIpc) is 3.16. The SMILES string of the molecule is O=C(COc1ccc2c(c1)CCC2)NCC(=O)NC1CC1. The number of aryl methyl sites for hydroxylation is 2. The van der Waals surface area contributed by atoms with E-state index in [9.17, 15) is 9.59 Å². The van der Waals surface area contributed by atoms with Gasteiger partial charge in [-0.3, -0.25) is 9.59 Å². The van der Waals surface area contributed by atoms with Crippen molar-refractivity contribution in [2.75, 3.05) is 13.2 Å². The lowest BCUT2D eigenvalue weighted by Crippen LogP contribution is -2.39. The predicted molar refractivity (Wildman–Crippen MR) is 78.1 cm³/mol. The van der Waals surface area contributed by atoms with Crippen LogP contribution in [0, 0.1) is 0 Å². The van der Waals surface area contributed by atoms with Crippen LogP contribution in [0.4, 0.5) is 0 Å². The maximum absolute atomic E-state index is 11.6. The lowest BCUT2D eigenvalue weighted by molar-refractivity contribution is -0.127. The maximum atomic E-state index is 11.6. The maximum Gasteiger partial charge on any atom is 0.258 e. The van der Waals surface area contributed by atoms with Crippen LogP contribution >= 0.6 is 0 Å². The van der Waals surface area contributed by atoms with Gasteiger partial charge in [-0.05, 0) is 55.4 Å². The van der Waals surface area contributed by atoms with Crippen molar-refractivity contribution in [3.63, 3.8) is 0 Å². The third-order valence-corrected chi connectivity index (χ3v) is 3.83. The zero-order valence-corrected chi connectivity index (χ0v) is 12.0. The standard InChI is InChI=1S/C16H20N2O3/c19-15(18-13-5-6-13)9-17-16(20)10-21-14-7-4-11-2-1-3-12(11)8-14/h4,7-8,13H,1-3,5-6,9-10H2,(H,17,20)(H,18,19). The van der Waals surface area contributed by atoms with E-state index in [4.69, 9.17) is 4.74 Å². The van der Waals surface area contributed by atoms with Crippen molar-refractivity contribution in [3.8, 4) is 5.75 Å². The highest BCUT2D eigenvalue weighted by Gasteiger charge is 2.23. The van der Waals surface area contributed by atoms with Gasteiger partial charge in [0.2, 0.25) is 5.91 Å². The van der Waals surface area contributed by atoms with E-state index >= 15 is 0 Å². The Kier molecular flexibility index (Phi) is 4.08. The van der Waals surface area contributed by atoms with E-state index in [1.165, 1.54) is 17.5 Å². The van der Waals surface area contributed by atoms with Crippen LogP contribution in [0.2, 0.25) is 0 Å². The molecule has 3 rings (SSSR count). The largest absolute Gasteiger partial charge is 0.484 e. The molecule has 0 spiro atoms. The molecule has 0 radical (unpaired) electrons. The highest BCUT2D eigenvalue weighted by molar-refractivity contribution is 5.85. The summed E-state index contributed by atoms with van der Waals surface area (Å²) in [6, 6.07) is 6.29. The molecular formula is C16H20N2O3. The zero-order valence-electron chi connectivity index (χ0n) is 12.0. The average molecular weight is 288 g/mol. The Morgan fingerprint density at radius 1 is 1.14 bits per heavy atom. The van der Waals surface area contributed by atoms with Crippen LogP contribution in [0.3, 0.4) is 0 Å². The summed E-state index contributed by atoms with van der Waals surface area (Å²) >= 11 is 0. The number of ether oxygens (including phenoxy) is 1. The highest BCUT2D eigenvalue weighted by Crippen LogP contribution is 2.25. The van der Waals surface area contributed by atoms with Crippen LogP contribution in [0.5, 0.6) is 5.75 Å². The van der Waals surface area contributed by atoms with Gasteiger partial charge in [-0.2, -0.15) is 0 Å². The molecule has 2 amide bonds. The molecule has 0 aromatic heterocycles. The molecule has 0 aliphatic heterocycles. The lowest BCUT2D eigenvalue weighted by Gasteiger charge is -2.09. The highest BCUT2D eigenvalue weighted by atomic mass is 16.5. The van der Waals surface area contributed by atoms with Crippen LogP contribution in [0.25, 0.3) is 0 Å². The molecule has 5 nitrogen and oxygen atoms in total. The van der Waals surface area contributed by atoms with Gasteiger partial charge in [-0.1, -0.05) is 6.07 Å². The molecular weight excluding hydrogens is 268 g/mol. The normalized spacial score (nSPS) is 16.2. The van der Waals surface area contributed by atoms with Gasteiger partial charge in [0.25, 0.3) is 5.91 Å². The fraction of sp³-hybridized carbons (Fsp3) is 0.500. The summed E-state index contributed by atoms with van der Waals surface area (Å²) in [6.07, 6.45) is 5.49. The molecule has 1 fully saturated rings. The Hall–Kier alpha value is -2.04. The Morgan fingerprint density at radius 2 is 1.95 bits per heavy atom. The molecule has 0 heterocycles. The third-order valence-electron chi connectivity index (χ3n) is 3.83. The van der Waals surface area contributed by atoms with Crippen LogP contribution in [0.1, 0.15) is 30.4 Å². The summed E-state index contributed by atoms with van der Waals surface area (Å²) in [6.45, 7) is -0.0433. The van der Waals surface area contributed by atoms with Crippen molar-refractivity contribution in [1.82, 2.24) is 10.6 Å². The van der Waals surface area contributed by atoms with Crippen molar-refractivity contribution >= 4 is 11.8 Å². The molecule has 0 unspecified atom stereocenters. The minimum absolute atomic E-state index is 0.0167. The molecule has 2 aliphatic rings. The molecule has 1 aromatic rings. The summed E-state index contributed by atoms with van der Waals surface area (Å²) in [4.78, 5) is 23.1. The first-order valence-corrected chi connectivity index (χ1v) is 7.51. The Morgan fingerprint density at radius 3 is 2.76 bits per heavy atom. The topological polar surface area (TPSA) is 67.4 Å². The number of fused-ring (bicyclic) bond motifs is 1. The summed E-state index contributed by atoms with van der Waals surface area (Å²) in [7, 11) is 0. The molecule has 0 atom stereocenters. The third kappa shape index (κ3) is 3.97. The molecule has 112 valence electrons. The Bertz CT molecular complexity index is 552. The molecule has 21 heavy (non-hydrogen) atoms. The molecule has 2 N–H and O–H groups in total. The molecule has 1 saturated carbocycles. The summed E-state index contributed by atoms with van der Waals surface area (Å²) in [5.74, 6) is 0.304. The van der Waals surface area contributed by atoms with Gasteiger partial charge in [0.15, 0.2) is 6.61 Å². The molecule has 5 heteroatoms. The number of hydrogen-bond donors (Lipinski definition) is 2. The second-order valence-corrected chi connectivity index (χ2v) is 5.69. The van der Waals surface area contributed by atoms with Crippen molar-refractivity contribution in [2.45, 2.75) is 38.1 Å². The fourth-order valence-electron chi connectivity index (χ4n) is 2.52. The van der Waals surface area contributed by atoms with Crippen LogP contribution < -0.4 is 15.4 Å². The van der Waals surface area contributed by atoms with Crippen LogP contribution in [0.15, 0.2) is 18.2 Å². The number of carbonyl (C=O) groups excluding carboxylic acids is 2. The van der Waals surface area contributed by atoms with Gasteiger partial charge in [-0.15, -0.1) is 0 Å². The molecule has 0 bridgehead atoms. The van der Waals surface area contributed by atoms with E-state index in [-0.39, 0.29) is 25.0 Å². The quantitative estimate of drug-likeness (QED) is 0.819. The minimum Gasteiger partial charge on any atom is -0.484 e. The van der Waals surface area contributed by atoms with Gasteiger partial charge in [0.1, 0.15) is 5.75 Å². The number of nitrogens with one attached hydrogen (secondary N) is 2. The van der Waals surface area contributed by atoms with Crippen LogP contribution in [-0.2, 0) is 22.4 Å². The van der Waals surface area contributed by atoms with Crippen molar-refractivity contribution in [3.05, 3.63) is 29.3 Å². The Balaban J connectivity index is 1.39. The molecule has 2 aliphatic carbocycles. The van der Waals surface area contributed by atoms with Gasteiger partial charge in [-0.25, -0.2) is 0 Å². The predicted octanol–water partition coefficient (Wildman–Crippen LogP) is 0.949. The number of amides is 2. The van der Waals surface area contributed by atoms with Crippen LogP contribution in [-0.4, -0.2) is 31.0 Å². The smallest absolute Gasteiger partial charge is 0.258 e. The fourth-order valence-corrected chi connectivity index (χ4v) is 2.52. The van der Waals surface area contributed by atoms with Gasteiger partial charge >= 0.3 is 0 Å². The minimum atomic E-state index is -0.276. The van der Waals surface area contributed by atoms with Crippen molar-refractivity contribution < 1.29 is 14.3 Å². The summed E-state index contributed by atoms with van der Waals surface area (Å²) < 4.78 is 5.48. The van der Waals surface area contributed by atoms with E-state index in [2.05, 4.69) is 16.7 Å². The van der Waals surface area contributed by atoms with Gasteiger partial charge in [0, 0.05) is 6.04 Å². The van der Waals surface area contributed by atoms with Crippen molar-refractivity contribution in [1.29, 1.82) is 0 Å². The Labute approximate surface area is 124 Å². The number of hydrogen-bond acceptors (Lipinski definition) is 3. The number of rotatable bonds is 6. The van der Waals surface area contributed by atoms with E-state index < -0.39 is 0 Å². The molecule has 1 aromatic carbocycles. The summed E-state index contributed by atoms with van der Waals surface area (Å²) in [5.41, 5.74) is 2.69. The first kappa shape index (κ1) is 13.9. The van der Waals surface area contributed by atoms with Gasteiger partial charge in [0.05, 0.1) is 6.54 Å². The zero-order chi connectivity index (χ0) is 14.7. The summed E-state index contributed by atoms with van der Waals surface area (Å²) in [5, 5.41) is 5.38. The van der Waals surface area contributed by atoms with E-state index in [1.54, 1.807) is 0 Å². The second kappa shape index (κ2) is 6.16. The second-order valence-electron chi connectivity index (χ2n) is 5.69. The lowest BCUT2D eigenvalue weighted by atomic mass is 10.1. The molecule has 0 saturated heterocycles. The first-order valence-electron chi connectivity index (χ1n) is 7.51. The number of carbonyl (C=O) groups is 2. The van der Waals surface area contributed by atoms with E-state index in [1.807, 2.05) is 12.1 Å². The van der Waals surface area contributed by atoms with Gasteiger partial charge < -0.3 is 15.4 Å². The van der Waals surface area contributed by atoms with Crippen molar-refractivity contribution in [2.24, 2.45) is 0 Å². The monoisotopic (exact) mass is 288 g/mol. The van der Waals surface area contributed by atoms with E-state index in [0.29, 0.717) is 11.8 Å². The first-order chi connectivity index (χ1) is 10.2.